The van der Waals surface area contributed by atoms with E-state index in [9.17, 15) is 9.59 Å². The van der Waals surface area contributed by atoms with Crippen molar-refractivity contribution in [3.63, 3.8) is 0 Å². The van der Waals surface area contributed by atoms with Crippen molar-refractivity contribution in [2.24, 2.45) is 5.92 Å². The van der Waals surface area contributed by atoms with Gasteiger partial charge in [-0.15, -0.1) is 0 Å². The van der Waals surface area contributed by atoms with Crippen LogP contribution in [0.15, 0.2) is 35.1 Å². The van der Waals surface area contributed by atoms with Crippen LogP contribution in [0, 0.1) is 5.92 Å². The molecule has 7 heteroatoms. The minimum absolute atomic E-state index is 0.185. The van der Waals surface area contributed by atoms with Crippen molar-refractivity contribution in [1.29, 1.82) is 0 Å². The number of pyridine rings is 1. The summed E-state index contributed by atoms with van der Waals surface area (Å²) >= 11 is 0. The quantitative estimate of drug-likeness (QED) is 0.926. The molecule has 1 aliphatic heterocycles. The Morgan fingerprint density at radius 2 is 2.27 bits per heavy atom. The van der Waals surface area contributed by atoms with E-state index in [1.165, 1.54) is 4.90 Å². The average molecular weight is 301 g/mol. The number of aromatic nitrogens is 2. The van der Waals surface area contributed by atoms with Crippen molar-refractivity contribution < 1.29 is 19.2 Å². The van der Waals surface area contributed by atoms with Gasteiger partial charge in [0, 0.05) is 37.1 Å². The van der Waals surface area contributed by atoms with Crippen LogP contribution in [0.4, 0.5) is 0 Å². The van der Waals surface area contributed by atoms with Crippen molar-refractivity contribution in [3.05, 3.63) is 36.3 Å². The molecule has 22 heavy (non-hydrogen) atoms. The number of carboxylic acids is 1. The molecule has 1 atom stereocenters. The Balaban J connectivity index is 1.76. The lowest BCUT2D eigenvalue weighted by Crippen LogP contribution is -2.42. The maximum absolute atomic E-state index is 12.4. The third-order valence-electron chi connectivity index (χ3n) is 3.73. The fourth-order valence-electron chi connectivity index (χ4n) is 2.55. The van der Waals surface area contributed by atoms with Crippen molar-refractivity contribution in [3.8, 4) is 11.3 Å². The first kappa shape index (κ1) is 14.2. The molecule has 0 aliphatic carbocycles. The van der Waals surface area contributed by atoms with Gasteiger partial charge in [-0.25, -0.2) is 0 Å². The van der Waals surface area contributed by atoms with Gasteiger partial charge < -0.3 is 14.5 Å². The van der Waals surface area contributed by atoms with E-state index < -0.39 is 11.9 Å². The van der Waals surface area contributed by atoms with Crippen LogP contribution >= 0.6 is 0 Å². The van der Waals surface area contributed by atoms with E-state index >= 15 is 0 Å². The number of hydrogen-bond acceptors (Lipinski definition) is 5. The summed E-state index contributed by atoms with van der Waals surface area (Å²) in [5.74, 6) is -1.22. The molecule has 3 rings (SSSR count). The van der Waals surface area contributed by atoms with Crippen LogP contribution in [0.2, 0.25) is 0 Å². The SMILES string of the molecule is O=C(O)C1CCCN(C(=O)c2cc(-c3cccnc3)on2)C1. The van der Waals surface area contributed by atoms with Gasteiger partial charge in [0.25, 0.3) is 5.91 Å². The second-order valence-electron chi connectivity index (χ2n) is 5.25. The number of amides is 1. The normalized spacial score (nSPS) is 18.2. The van der Waals surface area contributed by atoms with Gasteiger partial charge in [0.2, 0.25) is 0 Å². The predicted octanol–water partition coefficient (Wildman–Crippen LogP) is 1.67. The highest BCUT2D eigenvalue weighted by Gasteiger charge is 2.30. The average Bonchev–Trinajstić information content (AvgIpc) is 3.05. The number of carboxylic acid groups (broad SMARTS) is 1. The van der Waals surface area contributed by atoms with E-state index in [2.05, 4.69) is 10.1 Å². The Morgan fingerprint density at radius 1 is 1.41 bits per heavy atom. The van der Waals surface area contributed by atoms with Gasteiger partial charge >= 0.3 is 5.97 Å². The molecule has 0 aromatic carbocycles. The third-order valence-corrected chi connectivity index (χ3v) is 3.73. The van der Waals surface area contributed by atoms with Gasteiger partial charge in [0.15, 0.2) is 11.5 Å². The van der Waals surface area contributed by atoms with Gasteiger partial charge in [0.05, 0.1) is 5.92 Å². The minimum Gasteiger partial charge on any atom is -0.481 e. The van der Waals surface area contributed by atoms with Crippen molar-refractivity contribution in [2.45, 2.75) is 12.8 Å². The van der Waals surface area contributed by atoms with Crippen LogP contribution in [0.3, 0.4) is 0 Å². The van der Waals surface area contributed by atoms with Crippen molar-refractivity contribution >= 4 is 11.9 Å². The molecule has 2 aromatic heterocycles. The molecule has 1 amide bonds. The summed E-state index contributed by atoms with van der Waals surface area (Å²) in [5.41, 5.74) is 0.918. The molecule has 0 bridgehead atoms. The fourth-order valence-corrected chi connectivity index (χ4v) is 2.55. The van der Waals surface area contributed by atoms with Crippen LogP contribution in [-0.2, 0) is 4.79 Å². The number of carbonyl (C=O) groups excluding carboxylic acids is 1. The molecule has 0 radical (unpaired) electrons. The maximum atomic E-state index is 12.4. The van der Waals surface area contributed by atoms with E-state index in [1.807, 2.05) is 6.07 Å². The number of nitrogens with zero attached hydrogens (tertiary/aromatic N) is 3. The zero-order valence-electron chi connectivity index (χ0n) is 11.8. The van der Waals surface area contributed by atoms with Gasteiger partial charge in [-0.2, -0.15) is 0 Å². The first-order chi connectivity index (χ1) is 10.6. The topological polar surface area (TPSA) is 96.5 Å². The highest BCUT2D eigenvalue weighted by atomic mass is 16.5. The fraction of sp³-hybridized carbons (Fsp3) is 0.333. The molecule has 1 N–H and O–H groups in total. The Hall–Kier alpha value is -2.70. The Bertz CT molecular complexity index is 683. The first-order valence-electron chi connectivity index (χ1n) is 7.04. The number of rotatable bonds is 3. The summed E-state index contributed by atoms with van der Waals surface area (Å²) in [4.78, 5) is 29.0. The summed E-state index contributed by atoms with van der Waals surface area (Å²) in [6.07, 6.45) is 4.54. The van der Waals surface area contributed by atoms with E-state index in [-0.39, 0.29) is 18.1 Å². The largest absolute Gasteiger partial charge is 0.481 e. The van der Waals surface area contributed by atoms with Crippen LogP contribution in [0.1, 0.15) is 23.3 Å². The molecule has 114 valence electrons. The van der Waals surface area contributed by atoms with E-state index in [0.717, 1.165) is 5.56 Å². The lowest BCUT2D eigenvalue weighted by molar-refractivity contribution is -0.143. The Kier molecular flexibility index (Phi) is 3.86. The monoisotopic (exact) mass is 301 g/mol. The molecule has 3 heterocycles. The molecule has 0 saturated carbocycles. The lowest BCUT2D eigenvalue weighted by atomic mass is 9.98. The van der Waals surface area contributed by atoms with E-state index in [4.69, 9.17) is 9.63 Å². The highest BCUT2D eigenvalue weighted by Crippen LogP contribution is 2.22. The second kappa shape index (κ2) is 5.97. The molecule has 2 aromatic rings. The summed E-state index contributed by atoms with van der Waals surface area (Å²) in [5, 5.41) is 12.9. The summed E-state index contributed by atoms with van der Waals surface area (Å²) < 4.78 is 5.18. The molecular weight excluding hydrogens is 286 g/mol. The smallest absolute Gasteiger partial charge is 0.308 e. The summed E-state index contributed by atoms with van der Waals surface area (Å²) in [6.45, 7) is 0.751. The van der Waals surface area contributed by atoms with Gasteiger partial charge in [-0.05, 0) is 25.0 Å². The van der Waals surface area contributed by atoms with Crippen LogP contribution in [0.5, 0.6) is 0 Å². The molecule has 1 saturated heterocycles. The predicted molar refractivity (Wildman–Crippen MR) is 76.0 cm³/mol. The molecule has 0 spiro atoms. The van der Waals surface area contributed by atoms with Crippen molar-refractivity contribution in [2.75, 3.05) is 13.1 Å². The van der Waals surface area contributed by atoms with Crippen LogP contribution in [0.25, 0.3) is 11.3 Å². The van der Waals surface area contributed by atoms with E-state index in [1.54, 1.807) is 24.5 Å². The molecule has 1 aliphatic rings. The zero-order chi connectivity index (χ0) is 15.5. The summed E-state index contributed by atoms with van der Waals surface area (Å²) in [6, 6.07) is 5.13. The minimum atomic E-state index is -0.867. The Labute approximate surface area is 126 Å². The maximum Gasteiger partial charge on any atom is 0.308 e. The van der Waals surface area contributed by atoms with E-state index in [0.29, 0.717) is 25.1 Å². The third kappa shape index (κ3) is 2.83. The summed E-state index contributed by atoms with van der Waals surface area (Å²) in [7, 11) is 0. The number of aliphatic carboxylic acids is 1. The van der Waals surface area contributed by atoms with Gasteiger partial charge in [0.1, 0.15) is 0 Å². The van der Waals surface area contributed by atoms with Gasteiger partial charge in [-0.1, -0.05) is 5.16 Å². The molecule has 7 nitrogen and oxygen atoms in total. The van der Waals surface area contributed by atoms with Crippen LogP contribution in [-0.4, -0.2) is 45.1 Å². The lowest BCUT2D eigenvalue weighted by Gasteiger charge is -2.29. The molecule has 1 fully saturated rings. The van der Waals surface area contributed by atoms with Crippen molar-refractivity contribution in [1.82, 2.24) is 15.0 Å². The number of piperidine rings is 1. The number of carbonyl (C=O) groups is 2. The van der Waals surface area contributed by atoms with Gasteiger partial charge in [-0.3, -0.25) is 14.6 Å². The molecule has 1 unspecified atom stereocenters. The first-order valence-corrected chi connectivity index (χ1v) is 7.04. The number of likely N-dealkylation sites (tertiary alicyclic amines) is 1. The van der Waals surface area contributed by atoms with Crippen LogP contribution < -0.4 is 0 Å². The highest BCUT2D eigenvalue weighted by molar-refractivity contribution is 5.93. The standard InChI is InChI=1S/C15H15N3O4/c19-14(18-6-2-4-11(9-18)15(20)21)12-7-13(22-17-12)10-3-1-5-16-8-10/h1,3,5,7-8,11H,2,4,6,9H2,(H,20,21). The molecular formula is C15H15N3O4. The zero-order valence-corrected chi connectivity index (χ0v) is 11.8. The Morgan fingerprint density at radius 3 is 3.00 bits per heavy atom. The number of hydrogen-bond donors (Lipinski definition) is 1. The second-order valence-corrected chi connectivity index (χ2v) is 5.25.